The van der Waals surface area contributed by atoms with E-state index in [1.54, 1.807) is 0 Å². The van der Waals surface area contributed by atoms with Crippen LogP contribution in [0.5, 0.6) is 0 Å². The van der Waals surface area contributed by atoms with E-state index in [0.29, 0.717) is 0 Å². The molecule has 176 valence electrons. The van der Waals surface area contributed by atoms with Gasteiger partial charge in [0, 0.05) is 19.4 Å². The van der Waals surface area contributed by atoms with Gasteiger partial charge in [0.1, 0.15) is 0 Å². The van der Waals surface area contributed by atoms with Gasteiger partial charge in [0.15, 0.2) is 6.73 Å². The van der Waals surface area contributed by atoms with Gasteiger partial charge in [-0.1, -0.05) is 6.92 Å². The highest BCUT2D eigenvalue weighted by atomic mass is 35.5. The second-order valence-electron chi connectivity index (χ2n) is 5.33. The number of hydrogen-bond donors (Lipinski definition) is 0. The molecule has 28 heavy (non-hydrogen) atoms. The molecule has 0 spiro atoms. The van der Waals surface area contributed by atoms with E-state index >= 15 is 0 Å². The van der Waals surface area contributed by atoms with Crippen molar-refractivity contribution in [2.45, 2.75) is 33.1 Å². The van der Waals surface area contributed by atoms with Crippen LogP contribution in [0.15, 0.2) is 0 Å². The third-order valence-corrected chi connectivity index (χ3v) is 2.78. The molecular formula is C10H23B3ClF12NO-2. The Hall–Kier alpha value is -0.435. The molecule has 0 aliphatic carbocycles. The van der Waals surface area contributed by atoms with Crippen LogP contribution in [0.4, 0.5) is 51.8 Å². The Labute approximate surface area is 162 Å². The fourth-order valence-electron chi connectivity index (χ4n) is 2.18. The molecule has 0 unspecified atom stereocenters. The predicted molar refractivity (Wildman–Crippen MR) is 88.7 cm³/mol. The van der Waals surface area contributed by atoms with Crippen molar-refractivity contribution in [1.82, 2.24) is 0 Å². The molecule has 1 saturated heterocycles. The molecule has 1 fully saturated rings. The Morgan fingerprint density at radius 2 is 0.964 bits per heavy atom. The van der Waals surface area contributed by atoms with Gasteiger partial charge in [-0.2, -0.15) is 0 Å². The van der Waals surface area contributed by atoms with E-state index in [2.05, 4.69) is 13.8 Å². The second-order valence-corrected chi connectivity index (χ2v) is 5.33. The van der Waals surface area contributed by atoms with Crippen molar-refractivity contribution in [3.63, 3.8) is 0 Å². The van der Waals surface area contributed by atoms with Crippen molar-refractivity contribution in [2.75, 3.05) is 33.0 Å². The number of rotatable bonds is 5. The lowest BCUT2D eigenvalue weighted by atomic mass is 10.3. The van der Waals surface area contributed by atoms with Crippen molar-refractivity contribution in [2.24, 2.45) is 0 Å². The van der Waals surface area contributed by atoms with Gasteiger partial charge in [0.2, 0.25) is 0 Å². The molecule has 1 aliphatic heterocycles. The van der Waals surface area contributed by atoms with Crippen LogP contribution < -0.4 is 0 Å². The molecule has 0 aromatic heterocycles. The maximum atomic E-state index is 9.75. The van der Waals surface area contributed by atoms with Crippen LogP contribution in [0, 0.1) is 0 Å². The smallest absolute Gasteiger partial charge is 0.418 e. The van der Waals surface area contributed by atoms with E-state index in [1.165, 1.54) is 43.4 Å². The average Bonchev–Trinajstić information content (AvgIpc) is 2.80. The highest BCUT2D eigenvalue weighted by Crippen LogP contribution is 2.19. The molecule has 1 heterocycles. The van der Waals surface area contributed by atoms with Crippen molar-refractivity contribution < 1.29 is 61.0 Å². The van der Waals surface area contributed by atoms with Crippen LogP contribution in [0.25, 0.3) is 0 Å². The molecule has 0 saturated carbocycles. The summed E-state index contributed by atoms with van der Waals surface area (Å²) in [6.45, 7) is 10.2. The summed E-state index contributed by atoms with van der Waals surface area (Å²) in [6, 6.07) is 0. The van der Waals surface area contributed by atoms with E-state index in [0.717, 1.165) is 13.3 Å². The van der Waals surface area contributed by atoms with Crippen LogP contribution in [-0.4, -0.2) is 59.2 Å². The Balaban J connectivity index is -0.000000153. The quantitative estimate of drug-likeness (QED) is 0.260. The van der Waals surface area contributed by atoms with E-state index < -0.39 is 21.8 Å². The largest absolute Gasteiger partial charge is 0.673 e. The third-order valence-electron chi connectivity index (χ3n) is 2.78. The number of hydrogen-bond acceptors (Lipinski definition) is 1. The lowest BCUT2D eigenvalue weighted by Gasteiger charge is -2.33. The third kappa shape index (κ3) is 50.0. The first-order valence-electron chi connectivity index (χ1n) is 7.88. The first-order valence-corrected chi connectivity index (χ1v) is 7.88. The summed E-state index contributed by atoms with van der Waals surface area (Å²) in [5.74, 6) is 0. The number of quaternary nitrogens is 1. The molecule has 0 aromatic rings. The van der Waals surface area contributed by atoms with Crippen LogP contribution in [-0.2, 0) is 4.74 Å². The van der Waals surface area contributed by atoms with Crippen LogP contribution in [0.2, 0.25) is 0 Å². The Morgan fingerprint density at radius 3 is 1.18 bits per heavy atom. The van der Waals surface area contributed by atoms with E-state index in [9.17, 15) is 51.8 Å². The fraction of sp³-hybridized carbons (Fsp3) is 1.00. The summed E-state index contributed by atoms with van der Waals surface area (Å²) < 4.78 is 124. The maximum absolute atomic E-state index is 9.75. The average molecular weight is 469 g/mol. The second kappa shape index (κ2) is 16.4. The SMILES string of the molecule is CCC[N+]1(COCC)CCCC1.Cl.F[B-](F)(F)F.F[B-](F)(F)F.F[B-](F)(F)F. The summed E-state index contributed by atoms with van der Waals surface area (Å²) >= 11 is 0. The molecular weight excluding hydrogens is 446 g/mol. The van der Waals surface area contributed by atoms with Crippen molar-refractivity contribution in [3.8, 4) is 0 Å². The van der Waals surface area contributed by atoms with Crippen LogP contribution >= 0.6 is 12.4 Å². The summed E-state index contributed by atoms with van der Waals surface area (Å²) in [7, 11) is -18.0. The molecule has 0 aromatic carbocycles. The lowest BCUT2D eigenvalue weighted by Crippen LogP contribution is -2.47. The van der Waals surface area contributed by atoms with Gasteiger partial charge in [0.25, 0.3) is 0 Å². The fourth-order valence-corrected chi connectivity index (χ4v) is 2.18. The molecule has 2 nitrogen and oxygen atoms in total. The van der Waals surface area contributed by atoms with Gasteiger partial charge < -0.3 is 61.0 Å². The minimum absolute atomic E-state index is 0. The minimum Gasteiger partial charge on any atom is -0.418 e. The maximum Gasteiger partial charge on any atom is 0.673 e. The van der Waals surface area contributed by atoms with Gasteiger partial charge in [-0.05, 0) is 13.3 Å². The summed E-state index contributed by atoms with van der Waals surface area (Å²) in [4.78, 5) is 0. The number of halogens is 13. The highest BCUT2D eigenvalue weighted by Gasteiger charge is 2.30. The number of likely N-dealkylation sites (tertiary alicyclic amines) is 1. The molecule has 0 bridgehead atoms. The van der Waals surface area contributed by atoms with Crippen molar-refractivity contribution in [3.05, 3.63) is 0 Å². The first-order chi connectivity index (χ1) is 11.8. The molecule has 18 heteroatoms. The molecule has 0 amide bonds. The summed E-state index contributed by atoms with van der Waals surface area (Å²) in [5, 5.41) is 0. The molecule has 0 atom stereocenters. The van der Waals surface area contributed by atoms with E-state index in [1.807, 2.05) is 0 Å². The monoisotopic (exact) mass is 469 g/mol. The van der Waals surface area contributed by atoms with Crippen molar-refractivity contribution >= 4 is 34.2 Å². The van der Waals surface area contributed by atoms with Crippen LogP contribution in [0.3, 0.4) is 0 Å². The highest BCUT2D eigenvalue weighted by molar-refractivity contribution is 6.50. The van der Waals surface area contributed by atoms with Crippen molar-refractivity contribution in [1.29, 1.82) is 0 Å². The number of nitrogens with zero attached hydrogens (tertiary/aromatic N) is 1. The number of ether oxygens (including phenoxy) is 1. The van der Waals surface area contributed by atoms with Gasteiger partial charge >= 0.3 is 21.8 Å². The van der Waals surface area contributed by atoms with Gasteiger partial charge in [-0.15, -0.1) is 12.4 Å². The molecule has 1 aliphatic rings. The normalized spacial score (nSPS) is 15.6. The summed E-state index contributed by atoms with van der Waals surface area (Å²) in [5.41, 5.74) is 0. The zero-order chi connectivity index (χ0) is 22.4. The molecule has 0 N–H and O–H groups in total. The molecule has 1 rings (SSSR count). The Kier molecular flexibility index (Phi) is 20.5. The van der Waals surface area contributed by atoms with E-state index in [-0.39, 0.29) is 12.4 Å². The minimum atomic E-state index is -6.00. The predicted octanol–water partition coefficient (Wildman–Crippen LogP) is 6.32. The zero-order valence-corrected chi connectivity index (χ0v) is 16.0. The Morgan fingerprint density at radius 1 is 0.679 bits per heavy atom. The topological polar surface area (TPSA) is 9.23 Å². The zero-order valence-electron chi connectivity index (χ0n) is 15.2. The first kappa shape index (κ1) is 35.0. The van der Waals surface area contributed by atoms with Gasteiger partial charge in [0.05, 0.1) is 19.6 Å². The van der Waals surface area contributed by atoms with Gasteiger partial charge in [-0.3, -0.25) is 0 Å². The van der Waals surface area contributed by atoms with Gasteiger partial charge in [-0.25, -0.2) is 0 Å². The lowest BCUT2D eigenvalue weighted by molar-refractivity contribution is -0.935. The molecule has 0 radical (unpaired) electrons. The van der Waals surface area contributed by atoms with Crippen LogP contribution in [0.1, 0.15) is 33.1 Å². The standard InChI is InChI=1S/C10H22NO.3BF4.ClH/c1-3-7-11(10-12-4-2)8-5-6-9-11;3*2-1(3,4)5;/h3-10H2,1-2H3;;;;1H/q+1;3*-1;. The Bertz CT molecular complexity index is 303. The summed E-state index contributed by atoms with van der Waals surface area (Å²) in [6.07, 6.45) is 4.08. The van der Waals surface area contributed by atoms with E-state index in [4.69, 9.17) is 4.74 Å².